The normalized spacial score (nSPS) is 21.3. The summed E-state index contributed by atoms with van der Waals surface area (Å²) < 4.78 is 0. The maximum Gasteiger partial charge on any atom is 0.0474 e. The van der Waals surface area contributed by atoms with Gasteiger partial charge in [-0.25, -0.2) is 0 Å². The van der Waals surface area contributed by atoms with Crippen LogP contribution in [0.5, 0.6) is 0 Å². The van der Waals surface area contributed by atoms with Crippen molar-refractivity contribution in [3.63, 3.8) is 0 Å². The molecule has 4 heteroatoms. The third kappa shape index (κ3) is 4.07. The monoisotopic (exact) mass is 354 g/mol. The second-order valence-electron chi connectivity index (χ2n) is 8.35. The molecule has 4 nitrogen and oxygen atoms in total. The van der Waals surface area contributed by atoms with E-state index >= 15 is 0 Å². The molecule has 1 saturated heterocycles. The molecule has 4 rings (SSSR count). The Labute approximate surface area is 157 Å². The average molecular weight is 355 g/mol. The van der Waals surface area contributed by atoms with Crippen molar-refractivity contribution in [2.24, 2.45) is 17.6 Å². The molecule has 26 heavy (non-hydrogen) atoms. The zero-order valence-electron chi connectivity index (χ0n) is 16.0. The molecule has 0 bridgehead atoms. The van der Waals surface area contributed by atoms with E-state index in [1.54, 1.807) is 0 Å². The lowest BCUT2D eigenvalue weighted by molar-refractivity contribution is 0.191. The third-order valence-electron chi connectivity index (χ3n) is 6.53. The predicted molar refractivity (Wildman–Crippen MR) is 111 cm³/mol. The number of hydrogen-bond donors (Lipinski definition) is 2. The van der Waals surface area contributed by atoms with E-state index in [0.29, 0.717) is 5.92 Å². The van der Waals surface area contributed by atoms with Crippen molar-refractivity contribution in [2.45, 2.75) is 38.5 Å². The van der Waals surface area contributed by atoms with E-state index in [-0.39, 0.29) is 0 Å². The van der Waals surface area contributed by atoms with Crippen LogP contribution in [0.25, 0.3) is 10.9 Å². The number of nitrogens with two attached hydrogens (primary N) is 1. The minimum Gasteiger partial charge on any atom is -0.368 e. The van der Waals surface area contributed by atoms with Crippen LogP contribution in [0.3, 0.4) is 0 Å². The summed E-state index contributed by atoms with van der Waals surface area (Å²) in [5.41, 5.74) is 8.75. The molecule has 2 aromatic rings. The molecule has 0 amide bonds. The molecule has 0 spiro atoms. The Balaban J connectivity index is 1.30. The van der Waals surface area contributed by atoms with Gasteiger partial charge in [0.05, 0.1) is 0 Å². The van der Waals surface area contributed by atoms with Crippen molar-refractivity contribution in [3.05, 3.63) is 30.5 Å². The summed E-state index contributed by atoms with van der Waals surface area (Å²) in [6.07, 6.45) is 10.6. The molecule has 2 fully saturated rings. The van der Waals surface area contributed by atoms with Crippen LogP contribution in [0.4, 0.5) is 5.69 Å². The van der Waals surface area contributed by atoms with Crippen LogP contribution < -0.4 is 10.6 Å². The molecular weight excluding hydrogens is 320 g/mol. The lowest BCUT2D eigenvalue weighted by Gasteiger charge is -2.38. The highest BCUT2D eigenvalue weighted by Gasteiger charge is 2.23. The molecule has 1 aromatic carbocycles. The molecule has 0 radical (unpaired) electrons. The summed E-state index contributed by atoms with van der Waals surface area (Å²) in [5.74, 6) is 1.61. The highest BCUT2D eigenvalue weighted by atomic mass is 15.3. The van der Waals surface area contributed by atoms with Gasteiger partial charge < -0.3 is 15.6 Å². The maximum absolute atomic E-state index is 6.14. The average Bonchev–Trinajstić information content (AvgIpc) is 3.18. The molecule has 1 aromatic heterocycles. The molecule has 0 unspecified atom stereocenters. The van der Waals surface area contributed by atoms with Crippen LogP contribution in [0.1, 0.15) is 38.5 Å². The highest BCUT2D eigenvalue weighted by Crippen LogP contribution is 2.30. The molecule has 2 aliphatic rings. The van der Waals surface area contributed by atoms with Crippen molar-refractivity contribution >= 4 is 16.6 Å². The first-order valence-electron chi connectivity index (χ1n) is 10.6. The number of nitrogens with zero attached hydrogens (tertiary/aromatic N) is 2. The van der Waals surface area contributed by atoms with Crippen molar-refractivity contribution in [3.8, 4) is 0 Å². The Bertz CT molecular complexity index is 680. The van der Waals surface area contributed by atoms with Crippen LogP contribution >= 0.6 is 0 Å². The second-order valence-corrected chi connectivity index (χ2v) is 8.35. The van der Waals surface area contributed by atoms with Gasteiger partial charge in [0, 0.05) is 55.5 Å². The van der Waals surface area contributed by atoms with Crippen molar-refractivity contribution in [1.29, 1.82) is 0 Å². The molecule has 142 valence electrons. The minimum absolute atomic E-state index is 0.678. The standard InChI is InChI=1S/C22H34N4/c23-16-19(15-18-5-2-1-3-6-18)17-25-11-13-26(14-12-25)22-8-4-7-21-20(22)9-10-24-21/h4,7-10,18-19,24H,1-3,5-6,11-17,23H2/t19-/m1/s1. The van der Waals surface area contributed by atoms with Crippen molar-refractivity contribution < 1.29 is 0 Å². The summed E-state index contributed by atoms with van der Waals surface area (Å²) in [6.45, 7) is 6.58. The van der Waals surface area contributed by atoms with E-state index in [4.69, 9.17) is 5.73 Å². The van der Waals surface area contributed by atoms with Gasteiger partial charge in [-0.3, -0.25) is 4.90 Å². The van der Waals surface area contributed by atoms with E-state index in [9.17, 15) is 0 Å². The van der Waals surface area contributed by atoms with Gasteiger partial charge in [-0.2, -0.15) is 0 Å². The fourth-order valence-electron chi connectivity index (χ4n) is 5.02. The summed E-state index contributed by atoms with van der Waals surface area (Å²) in [4.78, 5) is 8.52. The zero-order valence-corrected chi connectivity index (χ0v) is 16.0. The lowest BCUT2D eigenvalue weighted by Crippen LogP contribution is -2.48. The number of piperazine rings is 1. The molecule has 1 aliphatic carbocycles. The first-order chi connectivity index (χ1) is 12.8. The first-order valence-corrected chi connectivity index (χ1v) is 10.6. The van der Waals surface area contributed by atoms with E-state index in [2.05, 4.69) is 39.0 Å². The van der Waals surface area contributed by atoms with E-state index < -0.39 is 0 Å². The quantitative estimate of drug-likeness (QED) is 0.829. The number of aromatic amines is 1. The minimum atomic E-state index is 0.678. The molecule has 1 atom stereocenters. The fourth-order valence-corrected chi connectivity index (χ4v) is 5.02. The summed E-state index contributed by atoms with van der Waals surface area (Å²) in [6, 6.07) is 8.78. The topological polar surface area (TPSA) is 48.3 Å². The van der Waals surface area contributed by atoms with Crippen LogP contribution in [-0.4, -0.2) is 49.2 Å². The number of hydrogen-bond acceptors (Lipinski definition) is 3. The van der Waals surface area contributed by atoms with Gasteiger partial charge >= 0.3 is 0 Å². The number of rotatable bonds is 6. The van der Waals surface area contributed by atoms with E-state index in [1.165, 1.54) is 61.7 Å². The fraction of sp³-hybridized carbons (Fsp3) is 0.636. The van der Waals surface area contributed by atoms with Crippen LogP contribution in [-0.2, 0) is 0 Å². The van der Waals surface area contributed by atoms with Gasteiger partial charge in [0.15, 0.2) is 0 Å². The number of fused-ring (bicyclic) bond motifs is 1. The number of H-pyrrole nitrogens is 1. The van der Waals surface area contributed by atoms with Crippen molar-refractivity contribution in [1.82, 2.24) is 9.88 Å². The van der Waals surface area contributed by atoms with Gasteiger partial charge in [0.1, 0.15) is 0 Å². The Morgan fingerprint density at radius 2 is 1.85 bits per heavy atom. The summed E-state index contributed by atoms with van der Waals surface area (Å²) in [7, 11) is 0. The highest BCUT2D eigenvalue weighted by molar-refractivity contribution is 5.92. The Hall–Kier alpha value is -1.52. The maximum atomic E-state index is 6.14. The van der Waals surface area contributed by atoms with E-state index in [0.717, 1.165) is 38.6 Å². The van der Waals surface area contributed by atoms with Crippen LogP contribution in [0, 0.1) is 11.8 Å². The SMILES string of the molecule is NC[C@@H](CC1CCCCC1)CN1CCN(c2cccc3[nH]ccc23)CC1. The summed E-state index contributed by atoms with van der Waals surface area (Å²) >= 11 is 0. The molecule has 2 heterocycles. The predicted octanol–water partition coefficient (Wildman–Crippen LogP) is 3.84. The Morgan fingerprint density at radius 1 is 1.04 bits per heavy atom. The number of aromatic nitrogens is 1. The van der Waals surface area contributed by atoms with Gasteiger partial charge in [-0.1, -0.05) is 38.2 Å². The van der Waals surface area contributed by atoms with E-state index in [1.807, 2.05) is 6.20 Å². The molecular formula is C22H34N4. The lowest BCUT2D eigenvalue weighted by atomic mass is 9.82. The number of anilines is 1. The van der Waals surface area contributed by atoms with Gasteiger partial charge in [-0.05, 0) is 43.0 Å². The van der Waals surface area contributed by atoms with Crippen LogP contribution in [0.15, 0.2) is 30.5 Å². The molecule has 1 aliphatic heterocycles. The van der Waals surface area contributed by atoms with Gasteiger partial charge in [-0.15, -0.1) is 0 Å². The van der Waals surface area contributed by atoms with Gasteiger partial charge in [0.2, 0.25) is 0 Å². The largest absolute Gasteiger partial charge is 0.368 e. The molecule has 1 saturated carbocycles. The van der Waals surface area contributed by atoms with Crippen LogP contribution in [0.2, 0.25) is 0 Å². The first kappa shape index (κ1) is 17.9. The van der Waals surface area contributed by atoms with Crippen molar-refractivity contribution in [2.75, 3.05) is 44.2 Å². The smallest absolute Gasteiger partial charge is 0.0474 e. The molecule has 3 N–H and O–H groups in total. The summed E-state index contributed by atoms with van der Waals surface area (Å²) in [5, 5.41) is 1.35. The third-order valence-corrected chi connectivity index (χ3v) is 6.53. The second kappa shape index (κ2) is 8.45. The number of nitrogens with one attached hydrogen (secondary N) is 1. The van der Waals surface area contributed by atoms with Gasteiger partial charge in [0.25, 0.3) is 0 Å². The number of benzene rings is 1. The zero-order chi connectivity index (χ0) is 17.8. The Kier molecular flexibility index (Phi) is 5.81. The Morgan fingerprint density at radius 3 is 2.62 bits per heavy atom.